The number of hydrogen-bond acceptors (Lipinski definition) is 3. The molecule has 82 valence electrons. The molecule has 0 amide bonds. The third-order valence-corrected chi connectivity index (χ3v) is 2.46. The van der Waals surface area contributed by atoms with Gasteiger partial charge in [-0.2, -0.15) is 4.98 Å². The SMILES string of the molecule is O=c1cc(O)nc(-c2ccc(Cl)cc2Cl)[nH]1. The van der Waals surface area contributed by atoms with Crippen LogP contribution < -0.4 is 5.56 Å². The van der Waals surface area contributed by atoms with Crippen LogP contribution in [0, 0.1) is 0 Å². The molecule has 1 aromatic heterocycles. The van der Waals surface area contributed by atoms with Gasteiger partial charge in [0.15, 0.2) is 0 Å². The molecule has 0 fully saturated rings. The minimum absolute atomic E-state index is 0.201. The Kier molecular flexibility index (Phi) is 2.85. The molecule has 0 saturated carbocycles. The summed E-state index contributed by atoms with van der Waals surface area (Å²) >= 11 is 11.7. The normalized spacial score (nSPS) is 10.4. The molecule has 2 rings (SSSR count). The predicted octanol–water partition coefficient (Wildman–Crippen LogP) is 2.45. The zero-order valence-corrected chi connectivity index (χ0v) is 9.38. The maximum Gasteiger partial charge on any atom is 0.254 e. The van der Waals surface area contributed by atoms with Crippen molar-refractivity contribution in [1.82, 2.24) is 9.97 Å². The zero-order valence-electron chi connectivity index (χ0n) is 7.87. The average molecular weight is 257 g/mol. The predicted molar refractivity (Wildman–Crippen MR) is 62.0 cm³/mol. The van der Waals surface area contributed by atoms with Crippen LogP contribution in [0.3, 0.4) is 0 Å². The summed E-state index contributed by atoms with van der Waals surface area (Å²) in [7, 11) is 0. The molecule has 0 aliphatic rings. The van der Waals surface area contributed by atoms with Crippen LogP contribution in [-0.2, 0) is 0 Å². The molecular formula is C10H6Cl2N2O2. The van der Waals surface area contributed by atoms with Gasteiger partial charge in [-0.1, -0.05) is 23.2 Å². The number of rotatable bonds is 1. The lowest BCUT2D eigenvalue weighted by atomic mass is 10.2. The number of benzene rings is 1. The first-order valence-electron chi connectivity index (χ1n) is 4.32. The number of aromatic nitrogens is 2. The van der Waals surface area contributed by atoms with E-state index in [-0.39, 0.29) is 11.7 Å². The molecular weight excluding hydrogens is 251 g/mol. The van der Waals surface area contributed by atoms with Crippen LogP contribution >= 0.6 is 23.2 Å². The molecule has 0 bridgehead atoms. The van der Waals surface area contributed by atoms with E-state index in [0.29, 0.717) is 15.6 Å². The molecule has 2 N–H and O–H groups in total. The Morgan fingerprint density at radius 3 is 2.62 bits per heavy atom. The van der Waals surface area contributed by atoms with E-state index in [1.807, 2.05) is 0 Å². The Bertz CT molecular complexity index is 596. The summed E-state index contributed by atoms with van der Waals surface area (Å²) in [6.45, 7) is 0. The topological polar surface area (TPSA) is 66.0 Å². The summed E-state index contributed by atoms with van der Waals surface area (Å²) in [6, 6.07) is 5.74. The molecule has 2 aromatic rings. The molecule has 0 unspecified atom stereocenters. The highest BCUT2D eigenvalue weighted by Crippen LogP contribution is 2.27. The molecule has 0 aliphatic heterocycles. The van der Waals surface area contributed by atoms with Gasteiger partial charge < -0.3 is 10.1 Å². The van der Waals surface area contributed by atoms with Crippen LogP contribution in [0.15, 0.2) is 29.1 Å². The number of hydrogen-bond donors (Lipinski definition) is 2. The van der Waals surface area contributed by atoms with Crippen LogP contribution in [-0.4, -0.2) is 15.1 Å². The average Bonchev–Trinajstić information content (AvgIpc) is 2.15. The fourth-order valence-corrected chi connectivity index (χ4v) is 1.75. The third-order valence-electron chi connectivity index (χ3n) is 1.91. The van der Waals surface area contributed by atoms with Crippen LogP contribution in [0.5, 0.6) is 5.88 Å². The highest BCUT2D eigenvalue weighted by atomic mass is 35.5. The van der Waals surface area contributed by atoms with E-state index in [0.717, 1.165) is 6.07 Å². The summed E-state index contributed by atoms with van der Waals surface area (Å²) in [6.07, 6.45) is 0. The Morgan fingerprint density at radius 2 is 2.00 bits per heavy atom. The van der Waals surface area contributed by atoms with Crippen molar-refractivity contribution in [3.8, 4) is 17.3 Å². The third kappa shape index (κ3) is 2.18. The van der Waals surface area contributed by atoms with Gasteiger partial charge in [0, 0.05) is 10.6 Å². The number of H-pyrrole nitrogens is 1. The van der Waals surface area contributed by atoms with Crippen molar-refractivity contribution < 1.29 is 5.11 Å². The Balaban J connectivity index is 2.63. The van der Waals surface area contributed by atoms with E-state index in [4.69, 9.17) is 23.2 Å². The monoisotopic (exact) mass is 256 g/mol. The molecule has 1 heterocycles. The van der Waals surface area contributed by atoms with Gasteiger partial charge in [0.05, 0.1) is 11.1 Å². The second-order valence-corrected chi connectivity index (χ2v) is 3.92. The van der Waals surface area contributed by atoms with Crippen LogP contribution in [0.1, 0.15) is 0 Å². The van der Waals surface area contributed by atoms with E-state index in [1.54, 1.807) is 12.1 Å². The lowest BCUT2D eigenvalue weighted by Gasteiger charge is -2.03. The minimum atomic E-state index is -0.450. The van der Waals surface area contributed by atoms with Gasteiger partial charge in [-0.15, -0.1) is 0 Å². The van der Waals surface area contributed by atoms with E-state index in [1.165, 1.54) is 6.07 Å². The van der Waals surface area contributed by atoms with E-state index in [9.17, 15) is 9.90 Å². The van der Waals surface area contributed by atoms with Gasteiger partial charge >= 0.3 is 0 Å². The van der Waals surface area contributed by atoms with Crippen LogP contribution in [0.25, 0.3) is 11.4 Å². The number of nitrogens with zero attached hydrogens (tertiary/aromatic N) is 1. The van der Waals surface area contributed by atoms with E-state index < -0.39 is 5.56 Å². The first-order valence-corrected chi connectivity index (χ1v) is 5.07. The van der Waals surface area contributed by atoms with Crippen molar-refractivity contribution in [3.05, 3.63) is 44.7 Å². The lowest BCUT2D eigenvalue weighted by Crippen LogP contribution is -2.06. The number of aromatic amines is 1. The molecule has 0 saturated heterocycles. The Morgan fingerprint density at radius 1 is 1.25 bits per heavy atom. The molecule has 1 aromatic carbocycles. The van der Waals surface area contributed by atoms with Gasteiger partial charge in [0.1, 0.15) is 5.82 Å². The number of aromatic hydroxyl groups is 1. The van der Waals surface area contributed by atoms with Gasteiger partial charge in [-0.25, -0.2) is 0 Å². The molecule has 16 heavy (non-hydrogen) atoms. The van der Waals surface area contributed by atoms with Gasteiger partial charge in [0.2, 0.25) is 5.88 Å². The van der Waals surface area contributed by atoms with Crippen molar-refractivity contribution in [2.75, 3.05) is 0 Å². The molecule has 0 aliphatic carbocycles. The molecule has 6 heteroatoms. The largest absolute Gasteiger partial charge is 0.493 e. The Hall–Kier alpha value is -1.52. The highest BCUT2D eigenvalue weighted by Gasteiger charge is 2.07. The van der Waals surface area contributed by atoms with Crippen LogP contribution in [0.2, 0.25) is 10.0 Å². The number of nitrogens with one attached hydrogen (secondary N) is 1. The van der Waals surface area contributed by atoms with Crippen molar-refractivity contribution in [2.45, 2.75) is 0 Å². The maximum atomic E-state index is 11.1. The second kappa shape index (κ2) is 4.15. The van der Waals surface area contributed by atoms with Gasteiger partial charge in [-0.05, 0) is 18.2 Å². The van der Waals surface area contributed by atoms with Crippen molar-refractivity contribution in [2.24, 2.45) is 0 Å². The highest BCUT2D eigenvalue weighted by molar-refractivity contribution is 6.36. The zero-order chi connectivity index (χ0) is 11.7. The summed E-state index contributed by atoms with van der Waals surface area (Å²) in [5, 5.41) is 10.0. The van der Waals surface area contributed by atoms with Crippen molar-refractivity contribution in [1.29, 1.82) is 0 Å². The summed E-state index contributed by atoms with van der Waals surface area (Å²) < 4.78 is 0. The van der Waals surface area contributed by atoms with E-state index >= 15 is 0 Å². The minimum Gasteiger partial charge on any atom is -0.493 e. The molecule has 0 spiro atoms. The number of halogens is 2. The smallest absolute Gasteiger partial charge is 0.254 e. The van der Waals surface area contributed by atoms with Gasteiger partial charge in [-0.3, -0.25) is 4.79 Å². The van der Waals surface area contributed by atoms with Crippen molar-refractivity contribution >= 4 is 23.2 Å². The maximum absolute atomic E-state index is 11.1. The Labute approximate surface area is 100 Å². The van der Waals surface area contributed by atoms with E-state index in [2.05, 4.69) is 9.97 Å². The summed E-state index contributed by atoms with van der Waals surface area (Å²) in [4.78, 5) is 17.4. The standard InChI is InChI=1S/C10H6Cl2N2O2/c11-5-1-2-6(7(12)3-5)10-13-8(15)4-9(16)14-10/h1-4H,(H2,13,14,15,16). The lowest BCUT2D eigenvalue weighted by molar-refractivity contribution is 0.452. The molecule has 4 nitrogen and oxygen atoms in total. The van der Waals surface area contributed by atoms with Crippen LogP contribution in [0.4, 0.5) is 0 Å². The quantitative estimate of drug-likeness (QED) is 0.824. The fourth-order valence-electron chi connectivity index (χ4n) is 1.25. The second-order valence-electron chi connectivity index (χ2n) is 3.08. The van der Waals surface area contributed by atoms with Crippen molar-refractivity contribution in [3.63, 3.8) is 0 Å². The summed E-state index contributed by atoms with van der Waals surface area (Å²) in [5.74, 6) is -0.156. The summed E-state index contributed by atoms with van der Waals surface area (Å²) in [5.41, 5.74) is 0.0487. The van der Waals surface area contributed by atoms with Gasteiger partial charge in [0.25, 0.3) is 5.56 Å². The molecule has 0 radical (unpaired) electrons. The first kappa shape index (κ1) is 11.0. The first-order chi connectivity index (χ1) is 7.56. The fraction of sp³-hybridized carbons (Fsp3) is 0. The molecule has 0 atom stereocenters.